The van der Waals surface area contributed by atoms with Gasteiger partial charge in [-0.3, -0.25) is 4.79 Å². The van der Waals surface area contributed by atoms with Gasteiger partial charge in [-0.1, -0.05) is 41.5 Å². The zero-order chi connectivity index (χ0) is 16.4. The molecule has 1 amide bonds. The molecule has 2 aliphatic rings. The number of piperidine rings is 1. The van der Waals surface area contributed by atoms with E-state index in [1.807, 2.05) is 4.90 Å². The van der Waals surface area contributed by atoms with Gasteiger partial charge in [0.05, 0.1) is 5.54 Å². The van der Waals surface area contributed by atoms with Crippen LogP contribution in [-0.4, -0.2) is 29.4 Å². The van der Waals surface area contributed by atoms with E-state index >= 15 is 0 Å². The molecule has 3 heteroatoms. The first-order valence-corrected chi connectivity index (χ1v) is 8.81. The molecule has 0 atom stereocenters. The maximum atomic E-state index is 12.4. The van der Waals surface area contributed by atoms with Crippen molar-refractivity contribution in [3.63, 3.8) is 0 Å². The number of rotatable bonds is 3. The minimum atomic E-state index is -0.540. The molecular formula is C20H28N2O. The third-order valence-electron chi connectivity index (χ3n) is 5.30. The van der Waals surface area contributed by atoms with Gasteiger partial charge in [0.15, 0.2) is 0 Å². The Morgan fingerprint density at radius 2 is 1.78 bits per heavy atom. The lowest BCUT2D eigenvalue weighted by molar-refractivity contribution is -0.141. The molecule has 0 spiro atoms. The maximum Gasteiger partial charge on any atom is 0.242 e. The number of carbonyl (C=O) groups is 1. The molecule has 23 heavy (non-hydrogen) atoms. The van der Waals surface area contributed by atoms with Gasteiger partial charge < -0.3 is 10.6 Å². The van der Waals surface area contributed by atoms with Gasteiger partial charge >= 0.3 is 0 Å². The topological polar surface area (TPSA) is 46.3 Å². The average molecular weight is 312 g/mol. The van der Waals surface area contributed by atoms with E-state index in [9.17, 15) is 4.79 Å². The normalized spacial score (nSPS) is 21.4. The van der Waals surface area contributed by atoms with Crippen LogP contribution < -0.4 is 5.73 Å². The molecule has 1 aromatic carbocycles. The minimum Gasteiger partial charge on any atom is -0.341 e. The molecule has 0 bridgehead atoms. The second kappa shape index (κ2) is 6.48. The predicted molar refractivity (Wildman–Crippen MR) is 95.0 cm³/mol. The number of allylic oxidation sites excluding steroid dienone is 1. The third kappa shape index (κ3) is 3.66. The van der Waals surface area contributed by atoms with Crippen molar-refractivity contribution in [3.05, 3.63) is 41.0 Å². The first-order valence-electron chi connectivity index (χ1n) is 8.81. The number of nitrogens with two attached hydrogens (primary N) is 1. The van der Waals surface area contributed by atoms with Gasteiger partial charge in [-0.2, -0.15) is 0 Å². The quantitative estimate of drug-likeness (QED) is 0.929. The van der Waals surface area contributed by atoms with Gasteiger partial charge in [0.1, 0.15) is 0 Å². The van der Waals surface area contributed by atoms with Crippen LogP contribution in [0.5, 0.6) is 0 Å². The van der Waals surface area contributed by atoms with Crippen LogP contribution in [0.4, 0.5) is 0 Å². The third-order valence-corrected chi connectivity index (χ3v) is 5.30. The number of nitrogens with zero attached hydrogens (tertiary/aromatic N) is 1. The molecular weight excluding hydrogens is 284 g/mol. The molecule has 3 nitrogen and oxygen atoms in total. The van der Waals surface area contributed by atoms with Crippen molar-refractivity contribution in [2.75, 3.05) is 13.1 Å². The van der Waals surface area contributed by atoms with E-state index in [2.05, 4.69) is 44.2 Å². The number of hydrogen-bond acceptors (Lipinski definition) is 2. The smallest absolute Gasteiger partial charge is 0.242 e. The summed E-state index contributed by atoms with van der Waals surface area (Å²) in [6.07, 6.45) is 9.45. The Kier molecular flexibility index (Phi) is 4.58. The fourth-order valence-electron chi connectivity index (χ4n) is 3.73. The summed E-state index contributed by atoms with van der Waals surface area (Å²) >= 11 is 0. The summed E-state index contributed by atoms with van der Waals surface area (Å²) in [6, 6.07) is 6.64. The molecule has 2 N–H and O–H groups in total. The lowest BCUT2D eigenvalue weighted by atomic mass is 9.76. The van der Waals surface area contributed by atoms with E-state index in [-0.39, 0.29) is 5.91 Å². The Morgan fingerprint density at radius 3 is 2.30 bits per heavy atom. The van der Waals surface area contributed by atoms with E-state index < -0.39 is 5.54 Å². The van der Waals surface area contributed by atoms with Crippen LogP contribution in [0.1, 0.15) is 48.8 Å². The number of benzene rings is 1. The van der Waals surface area contributed by atoms with E-state index in [1.54, 1.807) is 0 Å². The largest absolute Gasteiger partial charge is 0.341 e. The first-order chi connectivity index (χ1) is 11.0. The highest BCUT2D eigenvalue weighted by atomic mass is 16.2. The Labute approximate surface area is 139 Å². The monoisotopic (exact) mass is 312 g/mol. The SMILES string of the molecule is Cc1cc(C)cc(/C=C/C2CCN(C(=O)C3(N)CCC3)CC2)c1. The van der Waals surface area contributed by atoms with E-state index in [1.165, 1.54) is 16.7 Å². The summed E-state index contributed by atoms with van der Waals surface area (Å²) in [5.41, 5.74) is 9.51. The Bertz CT molecular complexity index is 588. The molecule has 1 saturated carbocycles. The fraction of sp³-hybridized carbons (Fsp3) is 0.550. The second-order valence-corrected chi connectivity index (χ2v) is 7.42. The van der Waals surface area contributed by atoms with Gasteiger partial charge in [0.25, 0.3) is 0 Å². The van der Waals surface area contributed by atoms with Crippen molar-refractivity contribution in [2.45, 2.75) is 51.5 Å². The molecule has 1 saturated heterocycles. The van der Waals surface area contributed by atoms with Gasteiger partial charge in [-0.15, -0.1) is 0 Å². The number of carbonyl (C=O) groups excluding carboxylic acids is 1. The summed E-state index contributed by atoms with van der Waals surface area (Å²) in [4.78, 5) is 14.4. The second-order valence-electron chi connectivity index (χ2n) is 7.42. The van der Waals surface area contributed by atoms with Gasteiger partial charge in [0.2, 0.25) is 5.91 Å². The van der Waals surface area contributed by atoms with Crippen LogP contribution in [0.25, 0.3) is 6.08 Å². The first kappa shape index (κ1) is 16.3. The summed E-state index contributed by atoms with van der Waals surface area (Å²) < 4.78 is 0. The van der Waals surface area contributed by atoms with Crippen LogP contribution in [0.3, 0.4) is 0 Å². The molecule has 3 rings (SSSR count). The zero-order valence-electron chi connectivity index (χ0n) is 14.3. The summed E-state index contributed by atoms with van der Waals surface area (Å²) in [5, 5.41) is 0. The number of likely N-dealkylation sites (tertiary alicyclic amines) is 1. The molecule has 1 aromatic rings. The highest BCUT2D eigenvalue weighted by Crippen LogP contribution is 2.32. The highest BCUT2D eigenvalue weighted by Gasteiger charge is 2.43. The molecule has 0 radical (unpaired) electrons. The van der Waals surface area contributed by atoms with E-state index in [0.29, 0.717) is 5.92 Å². The van der Waals surface area contributed by atoms with E-state index in [4.69, 9.17) is 5.73 Å². The van der Waals surface area contributed by atoms with Gasteiger partial charge in [-0.05, 0) is 57.4 Å². The molecule has 1 aliphatic heterocycles. The van der Waals surface area contributed by atoms with Crippen molar-refractivity contribution in [1.82, 2.24) is 4.90 Å². The van der Waals surface area contributed by atoms with Crippen molar-refractivity contribution < 1.29 is 4.79 Å². The van der Waals surface area contributed by atoms with Crippen molar-refractivity contribution in [2.24, 2.45) is 11.7 Å². The lowest BCUT2D eigenvalue weighted by Crippen LogP contribution is -2.60. The summed E-state index contributed by atoms with van der Waals surface area (Å²) in [5.74, 6) is 0.746. The zero-order valence-corrected chi connectivity index (χ0v) is 14.3. The van der Waals surface area contributed by atoms with Gasteiger partial charge in [0, 0.05) is 13.1 Å². The molecule has 2 fully saturated rings. The standard InChI is InChI=1S/C20H28N2O/c1-15-12-16(2)14-18(13-15)5-4-17-6-10-22(11-7-17)19(23)20(21)8-3-9-20/h4-5,12-14,17H,3,6-11,21H2,1-2H3/b5-4+. The number of hydrogen-bond donors (Lipinski definition) is 1. The van der Waals surface area contributed by atoms with Crippen LogP contribution >= 0.6 is 0 Å². The van der Waals surface area contributed by atoms with Crippen LogP contribution in [0.15, 0.2) is 24.3 Å². The molecule has 1 aliphatic carbocycles. The highest BCUT2D eigenvalue weighted by molar-refractivity contribution is 5.87. The van der Waals surface area contributed by atoms with Crippen LogP contribution in [0.2, 0.25) is 0 Å². The summed E-state index contributed by atoms with van der Waals surface area (Å²) in [6.45, 7) is 5.97. The van der Waals surface area contributed by atoms with Gasteiger partial charge in [-0.25, -0.2) is 0 Å². The van der Waals surface area contributed by atoms with E-state index in [0.717, 1.165) is 45.2 Å². The minimum absolute atomic E-state index is 0.181. The van der Waals surface area contributed by atoms with Crippen LogP contribution in [-0.2, 0) is 4.79 Å². The number of amides is 1. The molecule has 0 aromatic heterocycles. The maximum absolute atomic E-state index is 12.4. The Morgan fingerprint density at radius 1 is 1.17 bits per heavy atom. The molecule has 0 unspecified atom stereocenters. The lowest BCUT2D eigenvalue weighted by Gasteiger charge is -2.42. The molecule has 1 heterocycles. The van der Waals surface area contributed by atoms with Crippen molar-refractivity contribution in [1.29, 1.82) is 0 Å². The van der Waals surface area contributed by atoms with Crippen molar-refractivity contribution >= 4 is 12.0 Å². The molecule has 124 valence electrons. The van der Waals surface area contributed by atoms with Crippen LogP contribution in [0, 0.1) is 19.8 Å². The number of aryl methyl sites for hydroxylation is 2. The predicted octanol–water partition coefficient (Wildman–Crippen LogP) is 3.44. The fourth-order valence-corrected chi connectivity index (χ4v) is 3.73. The van der Waals surface area contributed by atoms with Crippen molar-refractivity contribution in [3.8, 4) is 0 Å². The Balaban J connectivity index is 1.54. The Hall–Kier alpha value is -1.61. The summed E-state index contributed by atoms with van der Waals surface area (Å²) in [7, 11) is 0. The average Bonchev–Trinajstić information content (AvgIpc) is 2.49.